The van der Waals surface area contributed by atoms with Crippen molar-refractivity contribution in [3.05, 3.63) is 56.6 Å². The van der Waals surface area contributed by atoms with Crippen molar-refractivity contribution in [2.24, 2.45) is 7.05 Å². The number of hydrogen-bond donors (Lipinski definition) is 0. The lowest BCUT2D eigenvalue weighted by atomic mass is 10.2. The van der Waals surface area contributed by atoms with E-state index in [-0.39, 0.29) is 23.3 Å². The minimum atomic E-state index is -0.469. The molecule has 0 aliphatic rings. The lowest BCUT2D eigenvalue weighted by Gasteiger charge is -2.04. The van der Waals surface area contributed by atoms with Crippen LogP contribution in [-0.4, -0.2) is 29.5 Å². The van der Waals surface area contributed by atoms with Crippen LogP contribution in [0.1, 0.15) is 5.56 Å². The van der Waals surface area contributed by atoms with Gasteiger partial charge < -0.3 is 0 Å². The van der Waals surface area contributed by atoms with Crippen molar-refractivity contribution in [1.29, 1.82) is 0 Å². The van der Waals surface area contributed by atoms with Crippen LogP contribution >= 0.6 is 0 Å². The molecule has 9 heteroatoms. The fourth-order valence-electron chi connectivity index (χ4n) is 1.98. The van der Waals surface area contributed by atoms with Gasteiger partial charge in [0.25, 0.3) is 11.2 Å². The van der Waals surface area contributed by atoms with Gasteiger partial charge in [-0.05, 0) is 5.56 Å². The molecule has 0 spiro atoms. The summed E-state index contributed by atoms with van der Waals surface area (Å²) in [4.78, 5) is 26.5. The van der Waals surface area contributed by atoms with E-state index in [1.165, 1.54) is 27.7 Å². The van der Waals surface area contributed by atoms with E-state index in [1.807, 2.05) is 0 Å². The van der Waals surface area contributed by atoms with E-state index in [9.17, 15) is 14.9 Å². The van der Waals surface area contributed by atoms with Gasteiger partial charge in [-0.2, -0.15) is 0 Å². The van der Waals surface area contributed by atoms with Crippen molar-refractivity contribution in [1.82, 2.24) is 24.5 Å². The number of benzene rings is 1. The molecule has 1 aromatic carbocycles. The first kappa shape index (κ1) is 12.9. The van der Waals surface area contributed by atoms with E-state index in [0.717, 1.165) is 5.56 Å². The highest BCUT2D eigenvalue weighted by molar-refractivity contribution is 5.67. The molecule has 0 saturated carbocycles. The Balaban J connectivity index is 1.96. The molecule has 0 radical (unpaired) electrons. The fraction of sp³-hybridized carbons (Fsp3) is 0.167. The van der Waals surface area contributed by atoms with Crippen molar-refractivity contribution < 1.29 is 4.92 Å². The van der Waals surface area contributed by atoms with Crippen molar-refractivity contribution in [2.75, 3.05) is 0 Å². The van der Waals surface area contributed by atoms with Crippen molar-refractivity contribution >= 4 is 16.9 Å². The van der Waals surface area contributed by atoms with Gasteiger partial charge in [0.1, 0.15) is 6.33 Å². The van der Waals surface area contributed by atoms with Crippen LogP contribution in [0.4, 0.5) is 5.69 Å². The smallest absolute Gasteiger partial charge is 0.283 e. The van der Waals surface area contributed by atoms with Crippen molar-refractivity contribution in [3.8, 4) is 0 Å². The zero-order chi connectivity index (χ0) is 15.0. The summed E-state index contributed by atoms with van der Waals surface area (Å²) in [6.07, 6.45) is 1.41. The predicted molar refractivity (Wildman–Crippen MR) is 72.8 cm³/mol. The van der Waals surface area contributed by atoms with Crippen LogP contribution < -0.4 is 5.56 Å². The van der Waals surface area contributed by atoms with Crippen LogP contribution in [0.25, 0.3) is 11.2 Å². The molecule has 0 N–H and O–H groups in total. The zero-order valence-corrected chi connectivity index (χ0v) is 11.0. The molecule has 0 fully saturated rings. The lowest BCUT2D eigenvalue weighted by Crippen LogP contribution is -2.21. The Morgan fingerprint density at radius 1 is 1.29 bits per heavy atom. The number of nitro benzene ring substituents is 1. The second kappa shape index (κ2) is 4.78. The molecule has 0 aliphatic heterocycles. The monoisotopic (exact) mass is 286 g/mol. The van der Waals surface area contributed by atoms with Crippen LogP contribution in [0.2, 0.25) is 0 Å². The topological polar surface area (TPSA) is 109 Å². The Labute approximate surface area is 117 Å². The molecule has 3 rings (SSSR count). The lowest BCUT2D eigenvalue weighted by molar-refractivity contribution is -0.384. The van der Waals surface area contributed by atoms with E-state index in [2.05, 4.69) is 15.3 Å². The second-order valence-electron chi connectivity index (χ2n) is 4.49. The number of nitrogens with zero attached hydrogens (tertiary/aromatic N) is 6. The van der Waals surface area contributed by atoms with Gasteiger partial charge in [0.2, 0.25) is 0 Å². The highest BCUT2D eigenvalue weighted by atomic mass is 16.6. The number of rotatable bonds is 3. The number of aromatic nitrogens is 5. The molecular weight excluding hydrogens is 276 g/mol. The average Bonchev–Trinajstić information content (AvgIpc) is 2.85. The van der Waals surface area contributed by atoms with E-state index >= 15 is 0 Å². The fourth-order valence-corrected chi connectivity index (χ4v) is 1.98. The van der Waals surface area contributed by atoms with Gasteiger partial charge in [-0.1, -0.05) is 17.3 Å². The Morgan fingerprint density at radius 2 is 2.00 bits per heavy atom. The summed E-state index contributed by atoms with van der Waals surface area (Å²) in [6.45, 7) is 0.260. The largest absolute Gasteiger partial charge is 0.293 e. The number of aryl methyl sites for hydroxylation is 1. The minimum absolute atomic E-state index is 0.00796. The predicted octanol–water partition coefficient (Wildman–Crippen LogP) is 0.481. The maximum atomic E-state index is 12.2. The first-order valence-electron chi connectivity index (χ1n) is 6.04. The standard InChI is InChI=1S/C12H10N6O3/c1-16-11-10(14-15-16)12(19)17(7-13-11)6-8-2-4-9(5-3-8)18(20)21/h2-5,7H,6H2,1H3. The van der Waals surface area contributed by atoms with Crippen molar-refractivity contribution in [2.45, 2.75) is 6.54 Å². The number of fused-ring (bicyclic) bond motifs is 1. The molecule has 0 bridgehead atoms. The Morgan fingerprint density at radius 3 is 2.67 bits per heavy atom. The Kier molecular flexibility index (Phi) is 2.94. The third kappa shape index (κ3) is 2.24. The average molecular weight is 286 g/mol. The van der Waals surface area contributed by atoms with Crippen LogP contribution in [-0.2, 0) is 13.6 Å². The molecule has 3 aromatic rings. The van der Waals surface area contributed by atoms with Gasteiger partial charge in [-0.15, -0.1) is 5.10 Å². The molecule has 0 unspecified atom stereocenters. The van der Waals surface area contributed by atoms with Gasteiger partial charge in [0.15, 0.2) is 11.2 Å². The quantitative estimate of drug-likeness (QED) is 0.511. The molecule has 0 aliphatic carbocycles. The summed E-state index contributed by atoms with van der Waals surface area (Å²) in [5, 5.41) is 18.1. The first-order chi connectivity index (χ1) is 10.1. The van der Waals surface area contributed by atoms with Crippen LogP contribution in [0.3, 0.4) is 0 Å². The maximum absolute atomic E-state index is 12.2. The van der Waals surface area contributed by atoms with Gasteiger partial charge in [-0.25, -0.2) is 9.67 Å². The summed E-state index contributed by atoms with van der Waals surface area (Å²) in [5.41, 5.74) is 1.08. The van der Waals surface area contributed by atoms with E-state index < -0.39 is 4.92 Å². The van der Waals surface area contributed by atoms with Crippen LogP contribution in [0.15, 0.2) is 35.4 Å². The molecule has 0 amide bonds. The molecule has 2 heterocycles. The molecule has 9 nitrogen and oxygen atoms in total. The summed E-state index contributed by atoms with van der Waals surface area (Å²) in [7, 11) is 1.66. The SMILES string of the molecule is Cn1nnc2c(=O)n(Cc3ccc([N+](=O)[O-])cc3)cnc21. The Hall–Kier alpha value is -3.10. The summed E-state index contributed by atoms with van der Waals surface area (Å²) in [5.74, 6) is 0. The third-order valence-corrected chi connectivity index (χ3v) is 3.08. The van der Waals surface area contributed by atoms with Gasteiger partial charge in [0.05, 0.1) is 11.5 Å². The Bertz CT molecular complexity index is 880. The van der Waals surface area contributed by atoms with E-state index in [0.29, 0.717) is 5.65 Å². The second-order valence-corrected chi connectivity index (χ2v) is 4.49. The molecule has 106 valence electrons. The molecular formula is C12H10N6O3. The van der Waals surface area contributed by atoms with Gasteiger partial charge >= 0.3 is 0 Å². The molecule has 0 atom stereocenters. The zero-order valence-electron chi connectivity index (χ0n) is 11.0. The highest BCUT2D eigenvalue weighted by Gasteiger charge is 2.10. The molecule has 21 heavy (non-hydrogen) atoms. The van der Waals surface area contributed by atoms with Gasteiger partial charge in [-0.3, -0.25) is 19.5 Å². The summed E-state index contributed by atoms with van der Waals surface area (Å²) >= 11 is 0. The van der Waals surface area contributed by atoms with Gasteiger partial charge in [0, 0.05) is 19.2 Å². The number of nitro groups is 1. The van der Waals surface area contributed by atoms with E-state index in [1.54, 1.807) is 19.2 Å². The summed E-state index contributed by atoms with van der Waals surface area (Å²) in [6, 6.07) is 6.00. The van der Waals surface area contributed by atoms with Crippen LogP contribution in [0.5, 0.6) is 0 Å². The normalized spacial score (nSPS) is 10.9. The molecule has 0 saturated heterocycles. The maximum Gasteiger partial charge on any atom is 0.283 e. The number of hydrogen-bond acceptors (Lipinski definition) is 6. The van der Waals surface area contributed by atoms with Crippen LogP contribution in [0, 0.1) is 10.1 Å². The molecule has 2 aromatic heterocycles. The van der Waals surface area contributed by atoms with E-state index in [4.69, 9.17) is 0 Å². The summed E-state index contributed by atoms with van der Waals surface area (Å²) < 4.78 is 2.81. The highest BCUT2D eigenvalue weighted by Crippen LogP contribution is 2.12. The number of non-ortho nitro benzene ring substituents is 1. The van der Waals surface area contributed by atoms with Crippen molar-refractivity contribution in [3.63, 3.8) is 0 Å². The first-order valence-corrected chi connectivity index (χ1v) is 6.04. The minimum Gasteiger partial charge on any atom is -0.293 e. The third-order valence-electron chi connectivity index (χ3n) is 3.08.